The van der Waals surface area contributed by atoms with Gasteiger partial charge in [-0.15, -0.1) is 0 Å². The molecular weight excluding hydrogens is 502 g/mol. The lowest BCUT2D eigenvalue weighted by Gasteiger charge is -2.26. The van der Waals surface area contributed by atoms with Crippen LogP contribution in [0, 0.1) is 0 Å². The van der Waals surface area contributed by atoms with E-state index in [4.69, 9.17) is 32.7 Å². The molecule has 36 heavy (non-hydrogen) atoms. The summed E-state index contributed by atoms with van der Waals surface area (Å²) < 4.78 is 26.8. The summed E-state index contributed by atoms with van der Waals surface area (Å²) in [6.45, 7) is 6.30. The molecule has 0 spiro atoms. The minimum atomic E-state index is -0.421. The van der Waals surface area contributed by atoms with E-state index < -0.39 is 11.9 Å². The highest BCUT2D eigenvalue weighted by Gasteiger charge is 2.22. The van der Waals surface area contributed by atoms with Crippen molar-refractivity contribution < 1.29 is 13.9 Å². The number of morpholine rings is 1. The molecule has 9 heteroatoms. The SMILES string of the molecule is C[C@H](Oc1ccc2c(c1)C(/C(F)=C/c1ccc(CN3CCOCC3)nc1)=NC2)c1c(Cl)cncc1Cl. The first-order valence-corrected chi connectivity index (χ1v) is 12.5. The first kappa shape index (κ1) is 24.8. The molecule has 5 rings (SSSR count). The number of ether oxygens (including phenoxy) is 2. The van der Waals surface area contributed by atoms with Crippen molar-refractivity contribution in [3.05, 3.63) is 92.7 Å². The molecule has 6 nitrogen and oxygen atoms in total. The van der Waals surface area contributed by atoms with Crippen LogP contribution in [-0.4, -0.2) is 46.9 Å². The molecule has 1 aromatic carbocycles. The highest BCUT2D eigenvalue weighted by Crippen LogP contribution is 2.34. The minimum Gasteiger partial charge on any atom is -0.486 e. The average molecular weight is 527 g/mol. The fourth-order valence-corrected chi connectivity index (χ4v) is 5.00. The summed E-state index contributed by atoms with van der Waals surface area (Å²) in [4.78, 5) is 15.2. The number of allylic oxidation sites excluding steroid dienone is 1. The summed E-state index contributed by atoms with van der Waals surface area (Å²) in [6, 6.07) is 9.36. The molecule has 3 aromatic rings. The molecule has 0 N–H and O–H groups in total. The third kappa shape index (κ3) is 5.60. The third-order valence-corrected chi connectivity index (χ3v) is 6.81. The van der Waals surface area contributed by atoms with Gasteiger partial charge in [-0.1, -0.05) is 35.3 Å². The lowest BCUT2D eigenvalue weighted by atomic mass is 10.0. The zero-order valence-electron chi connectivity index (χ0n) is 19.8. The number of rotatable bonds is 7. The second-order valence-electron chi connectivity index (χ2n) is 8.72. The fourth-order valence-electron chi connectivity index (χ4n) is 4.33. The van der Waals surface area contributed by atoms with Gasteiger partial charge in [-0.05, 0) is 42.3 Å². The van der Waals surface area contributed by atoms with Crippen molar-refractivity contribution in [3.8, 4) is 5.75 Å². The Bertz CT molecular complexity index is 1290. The van der Waals surface area contributed by atoms with E-state index >= 15 is 4.39 Å². The van der Waals surface area contributed by atoms with Gasteiger partial charge in [0.05, 0.1) is 35.5 Å². The second-order valence-corrected chi connectivity index (χ2v) is 9.54. The van der Waals surface area contributed by atoms with Crippen molar-refractivity contribution in [3.63, 3.8) is 0 Å². The summed E-state index contributed by atoms with van der Waals surface area (Å²) >= 11 is 12.5. The van der Waals surface area contributed by atoms with Gasteiger partial charge in [0.2, 0.25) is 0 Å². The quantitative estimate of drug-likeness (QED) is 0.374. The molecule has 1 saturated heterocycles. The van der Waals surface area contributed by atoms with Crippen molar-refractivity contribution in [2.24, 2.45) is 4.99 Å². The molecule has 4 heterocycles. The Hall–Kier alpha value is -2.84. The predicted molar refractivity (Wildman–Crippen MR) is 139 cm³/mol. The van der Waals surface area contributed by atoms with E-state index in [1.165, 1.54) is 18.5 Å². The van der Waals surface area contributed by atoms with Crippen LogP contribution in [0.1, 0.15) is 41.0 Å². The zero-order valence-corrected chi connectivity index (χ0v) is 21.3. The van der Waals surface area contributed by atoms with Gasteiger partial charge in [0.15, 0.2) is 0 Å². The average Bonchev–Trinajstić information content (AvgIpc) is 3.29. The summed E-state index contributed by atoms with van der Waals surface area (Å²) in [5, 5.41) is 0.855. The molecule has 186 valence electrons. The topological polar surface area (TPSA) is 59.8 Å². The van der Waals surface area contributed by atoms with Gasteiger partial charge in [-0.2, -0.15) is 0 Å². The summed E-state index contributed by atoms with van der Waals surface area (Å²) in [5.74, 6) is 0.156. The Labute approximate surface area is 219 Å². The Morgan fingerprint density at radius 1 is 1.14 bits per heavy atom. The van der Waals surface area contributed by atoms with E-state index in [2.05, 4.69) is 19.9 Å². The Kier molecular flexibility index (Phi) is 7.62. The lowest BCUT2D eigenvalue weighted by molar-refractivity contribution is 0.0336. The van der Waals surface area contributed by atoms with Crippen LogP contribution in [-0.2, 0) is 17.8 Å². The largest absolute Gasteiger partial charge is 0.486 e. The maximum absolute atomic E-state index is 15.3. The smallest absolute Gasteiger partial charge is 0.149 e. The molecule has 0 saturated carbocycles. The minimum absolute atomic E-state index is 0.306. The van der Waals surface area contributed by atoms with Crippen LogP contribution in [0.2, 0.25) is 10.0 Å². The molecule has 0 bridgehead atoms. The van der Waals surface area contributed by atoms with Crippen molar-refractivity contribution in [2.75, 3.05) is 26.3 Å². The van der Waals surface area contributed by atoms with Gasteiger partial charge in [0.1, 0.15) is 23.4 Å². The standard InChI is InChI=1S/C27H25Cl2FN4O2/c1-17(26-23(28)14-31-15-24(26)29)36-21-5-3-19-13-33-27(22(19)11-21)25(30)10-18-2-4-20(32-12-18)16-34-6-8-35-9-7-34/h2-5,10-12,14-15,17H,6-9,13,16H2,1H3/b25-10-/t17-/m0/s1. The van der Waals surface area contributed by atoms with E-state index in [9.17, 15) is 0 Å². The van der Waals surface area contributed by atoms with Crippen molar-refractivity contribution in [1.29, 1.82) is 0 Å². The van der Waals surface area contributed by atoms with Gasteiger partial charge in [0, 0.05) is 49.4 Å². The fraction of sp³-hybridized carbons (Fsp3) is 0.296. The molecule has 0 unspecified atom stereocenters. The number of nitrogens with zero attached hydrogens (tertiary/aromatic N) is 4. The second kappa shape index (κ2) is 11.0. The first-order valence-electron chi connectivity index (χ1n) is 11.7. The van der Waals surface area contributed by atoms with E-state index in [0.29, 0.717) is 44.7 Å². The van der Waals surface area contributed by atoms with E-state index in [1.807, 2.05) is 31.2 Å². The highest BCUT2D eigenvalue weighted by molar-refractivity contribution is 6.35. The number of fused-ring (bicyclic) bond motifs is 1. The molecular formula is C27H25Cl2FN4O2. The molecule has 2 aliphatic rings. The Morgan fingerprint density at radius 3 is 2.64 bits per heavy atom. The third-order valence-electron chi connectivity index (χ3n) is 6.21. The van der Waals surface area contributed by atoms with Gasteiger partial charge in [-0.25, -0.2) is 4.39 Å². The molecule has 0 radical (unpaired) electrons. The van der Waals surface area contributed by atoms with Crippen molar-refractivity contribution in [1.82, 2.24) is 14.9 Å². The van der Waals surface area contributed by atoms with Crippen LogP contribution < -0.4 is 4.74 Å². The van der Waals surface area contributed by atoms with E-state index in [1.54, 1.807) is 12.3 Å². The van der Waals surface area contributed by atoms with Crippen LogP contribution in [0.15, 0.2) is 59.7 Å². The van der Waals surface area contributed by atoms with Gasteiger partial charge in [0.25, 0.3) is 0 Å². The monoisotopic (exact) mass is 526 g/mol. The van der Waals surface area contributed by atoms with Crippen LogP contribution in [0.5, 0.6) is 5.75 Å². The molecule has 1 fully saturated rings. The van der Waals surface area contributed by atoms with Crippen LogP contribution in [0.25, 0.3) is 6.08 Å². The maximum Gasteiger partial charge on any atom is 0.149 e. The number of benzene rings is 1. The molecule has 2 aliphatic heterocycles. The van der Waals surface area contributed by atoms with Crippen LogP contribution in [0.4, 0.5) is 4.39 Å². The molecule has 0 aliphatic carbocycles. The highest BCUT2D eigenvalue weighted by atomic mass is 35.5. The van der Waals surface area contributed by atoms with Crippen molar-refractivity contribution in [2.45, 2.75) is 26.1 Å². The molecule has 2 aromatic heterocycles. The van der Waals surface area contributed by atoms with Gasteiger partial charge >= 0.3 is 0 Å². The molecule has 0 amide bonds. The maximum atomic E-state index is 15.3. The first-order chi connectivity index (χ1) is 17.5. The predicted octanol–water partition coefficient (Wildman–Crippen LogP) is 6.07. The lowest BCUT2D eigenvalue weighted by Crippen LogP contribution is -2.35. The number of aliphatic imine (C=N–C) groups is 1. The summed E-state index contributed by atoms with van der Waals surface area (Å²) in [6.07, 6.45) is 5.79. The van der Waals surface area contributed by atoms with E-state index in [-0.39, 0.29) is 0 Å². The summed E-state index contributed by atoms with van der Waals surface area (Å²) in [7, 11) is 0. The number of halogens is 3. The number of hydrogen-bond acceptors (Lipinski definition) is 6. The van der Waals surface area contributed by atoms with Gasteiger partial charge in [-0.3, -0.25) is 19.9 Å². The van der Waals surface area contributed by atoms with Crippen molar-refractivity contribution >= 4 is 35.0 Å². The molecule has 1 atom stereocenters. The van der Waals surface area contributed by atoms with Gasteiger partial charge < -0.3 is 9.47 Å². The normalized spacial score (nSPS) is 17.0. The Morgan fingerprint density at radius 2 is 1.92 bits per heavy atom. The number of hydrogen-bond donors (Lipinski definition) is 0. The Balaban J connectivity index is 1.30. The van der Waals surface area contributed by atoms with Crippen LogP contribution >= 0.6 is 23.2 Å². The summed E-state index contributed by atoms with van der Waals surface area (Å²) in [5.41, 5.74) is 4.23. The number of pyridine rings is 2. The van der Waals surface area contributed by atoms with E-state index in [0.717, 1.165) is 44.1 Å². The zero-order chi connectivity index (χ0) is 25.1. The van der Waals surface area contributed by atoms with Crippen LogP contribution in [0.3, 0.4) is 0 Å². The number of aromatic nitrogens is 2.